The summed E-state index contributed by atoms with van der Waals surface area (Å²) < 4.78 is 25.1. The van der Waals surface area contributed by atoms with Crippen molar-refractivity contribution in [1.82, 2.24) is 5.32 Å². The Balaban J connectivity index is 2.14. The first-order chi connectivity index (χ1) is 11.2. The smallest absolute Gasteiger partial charge is 0.251 e. The van der Waals surface area contributed by atoms with Crippen LogP contribution in [0, 0.1) is 13.8 Å². The van der Waals surface area contributed by atoms with E-state index in [1.165, 1.54) is 0 Å². The van der Waals surface area contributed by atoms with Crippen LogP contribution in [0.15, 0.2) is 42.5 Å². The molecule has 0 aliphatic heterocycles. The van der Waals surface area contributed by atoms with Gasteiger partial charge in [-0.05, 0) is 61.7 Å². The minimum Gasteiger partial charge on any atom is -0.346 e. The van der Waals surface area contributed by atoms with Crippen LogP contribution in [-0.4, -0.2) is 20.6 Å². The third kappa shape index (κ3) is 4.83. The summed E-state index contributed by atoms with van der Waals surface area (Å²) in [6.45, 7) is 5.83. The molecule has 1 amide bonds. The van der Waals surface area contributed by atoms with Crippen molar-refractivity contribution >= 4 is 21.6 Å². The van der Waals surface area contributed by atoms with E-state index in [9.17, 15) is 13.2 Å². The van der Waals surface area contributed by atoms with E-state index in [2.05, 4.69) is 10.0 Å². The molecule has 5 nitrogen and oxygen atoms in total. The fourth-order valence-electron chi connectivity index (χ4n) is 2.33. The summed E-state index contributed by atoms with van der Waals surface area (Å²) in [5, 5.41) is 2.93. The maximum atomic E-state index is 12.4. The van der Waals surface area contributed by atoms with Crippen molar-refractivity contribution in [1.29, 1.82) is 0 Å². The van der Waals surface area contributed by atoms with Crippen LogP contribution in [0.5, 0.6) is 0 Å². The van der Waals surface area contributed by atoms with Crippen LogP contribution in [0.1, 0.15) is 40.0 Å². The second-order valence-corrected chi connectivity index (χ2v) is 7.74. The number of sulfonamides is 1. The van der Waals surface area contributed by atoms with E-state index < -0.39 is 10.0 Å². The summed E-state index contributed by atoms with van der Waals surface area (Å²) >= 11 is 0. The molecule has 2 rings (SSSR count). The van der Waals surface area contributed by atoms with Crippen molar-refractivity contribution in [3.05, 3.63) is 64.7 Å². The highest BCUT2D eigenvalue weighted by molar-refractivity contribution is 7.92. The molecule has 6 heteroatoms. The number of aryl methyl sites for hydroxylation is 2. The van der Waals surface area contributed by atoms with Crippen molar-refractivity contribution in [3.63, 3.8) is 0 Å². The number of carbonyl (C=O) groups excluding carboxylic acids is 1. The van der Waals surface area contributed by atoms with Crippen LogP contribution < -0.4 is 10.0 Å². The van der Waals surface area contributed by atoms with E-state index >= 15 is 0 Å². The molecule has 2 aromatic rings. The predicted octanol–water partition coefficient (Wildman–Crippen LogP) is 3.17. The number of hydrogen-bond acceptors (Lipinski definition) is 3. The van der Waals surface area contributed by atoms with Crippen molar-refractivity contribution in [2.24, 2.45) is 0 Å². The molecule has 0 aliphatic carbocycles. The van der Waals surface area contributed by atoms with Gasteiger partial charge in [0.05, 0.1) is 12.3 Å². The molecule has 128 valence electrons. The zero-order chi connectivity index (χ0) is 17.9. The quantitative estimate of drug-likeness (QED) is 0.873. The normalized spacial score (nSPS) is 12.5. The van der Waals surface area contributed by atoms with Gasteiger partial charge in [0.2, 0.25) is 10.0 Å². The van der Waals surface area contributed by atoms with Crippen LogP contribution in [0.25, 0.3) is 0 Å². The highest BCUT2D eigenvalue weighted by Gasteiger charge is 2.13. The van der Waals surface area contributed by atoms with E-state index in [0.29, 0.717) is 11.3 Å². The van der Waals surface area contributed by atoms with Gasteiger partial charge in [0.25, 0.3) is 5.91 Å². The number of anilines is 1. The zero-order valence-electron chi connectivity index (χ0n) is 14.3. The Bertz CT molecular complexity index is 860. The van der Waals surface area contributed by atoms with E-state index in [1.807, 2.05) is 39.0 Å². The lowest BCUT2D eigenvalue weighted by molar-refractivity contribution is 0.0940. The third-order valence-electron chi connectivity index (χ3n) is 3.81. The van der Waals surface area contributed by atoms with E-state index in [0.717, 1.165) is 22.9 Å². The second-order valence-electron chi connectivity index (χ2n) is 5.99. The molecule has 0 saturated carbocycles. The molecule has 0 spiro atoms. The summed E-state index contributed by atoms with van der Waals surface area (Å²) in [4.78, 5) is 12.4. The molecule has 0 saturated heterocycles. The van der Waals surface area contributed by atoms with Gasteiger partial charge in [-0.25, -0.2) is 8.42 Å². The molecular formula is C18H22N2O3S. The predicted molar refractivity (Wildman–Crippen MR) is 96.7 cm³/mol. The lowest BCUT2D eigenvalue weighted by atomic mass is 10.0. The molecule has 0 heterocycles. The van der Waals surface area contributed by atoms with Gasteiger partial charge in [-0.15, -0.1) is 0 Å². The van der Waals surface area contributed by atoms with Crippen molar-refractivity contribution in [3.8, 4) is 0 Å². The van der Waals surface area contributed by atoms with Crippen LogP contribution >= 0.6 is 0 Å². The number of carbonyl (C=O) groups is 1. The minimum absolute atomic E-state index is 0.160. The van der Waals surface area contributed by atoms with Gasteiger partial charge in [-0.2, -0.15) is 0 Å². The summed E-state index contributed by atoms with van der Waals surface area (Å²) in [5.74, 6) is -0.160. The highest BCUT2D eigenvalue weighted by Crippen LogP contribution is 2.19. The van der Waals surface area contributed by atoms with Crippen LogP contribution in [-0.2, 0) is 10.0 Å². The van der Waals surface area contributed by atoms with Crippen molar-refractivity contribution in [2.45, 2.75) is 26.8 Å². The molecule has 0 aliphatic rings. The fourth-order valence-corrected chi connectivity index (χ4v) is 2.89. The molecule has 24 heavy (non-hydrogen) atoms. The van der Waals surface area contributed by atoms with E-state index in [-0.39, 0.29) is 11.9 Å². The Morgan fingerprint density at radius 1 is 1.04 bits per heavy atom. The van der Waals surface area contributed by atoms with Crippen LogP contribution in [0.2, 0.25) is 0 Å². The first-order valence-electron chi connectivity index (χ1n) is 7.61. The maximum Gasteiger partial charge on any atom is 0.251 e. The molecule has 0 radical (unpaired) electrons. The molecule has 0 fully saturated rings. The molecule has 0 aromatic heterocycles. The molecular weight excluding hydrogens is 324 g/mol. The van der Waals surface area contributed by atoms with Gasteiger partial charge in [0, 0.05) is 11.3 Å². The Hall–Kier alpha value is -2.34. The van der Waals surface area contributed by atoms with E-state index in [1.54, 1.807) is 24.3 Å². The molecule has 0 unspecified atom stereocenters. The standard InChI is InChI=1S/C18H22N2O3S/c1-12-8-9-16(10-13(12)2)18(21)19-14(3)15-6-5-7-17(11-15)20-24(4,22)23/h5-11,14,20H,1-4H3,(H,19,21)/t14-/m0/s1. The van der Waals surface area contributed by atoms with Crippen molar-refractivity contribution < 1.29 is 13.2 Å². The summed E-state index contributed by atoms with van der Waals surface area (Å²) in [7, 11) is -3.33. The average Bonchev–Trinajstić information content (AvgIpc) is 2.48. The number of amides is 1. The third-order valence-corrected chi connectivity index (χ3v) is 4.41. The maximum absolute atomic E-state index is 12.4. The van der Waals surface area contributed by atoms with Gasteiger partial charge in [0.1, 0.15) is 0 Å². The zero-order valence-corrected chi connectivity index (χ0v) is 15.1. The number of rotatable bonds is 5. The lowest BCUT2D eigenvalue weighted by Crippen LogP contribution is -2.26. The van der Waals surface area contributed by atoms with Crippen LogP contribution in [0.3, 0.4) is 0 Å². The Morgan fingerprint density at radius 3 is 2.38 bits per heavy atom. The SMILES string of the molecule is Cc1ccc(C(=O)N[C@@H](C)c2cccc(NS(C)(=O)=O)c2)cc1C. The van der Waals surface area contributed by atoms with Gasteiger partial charge in [0.15, 0.2) is 0 Å². The second kappa shape index (κ2) is 7.05. The Labute approximate surface area is 143 Å². The summed E-state index contributed by atoms with van der Waals surface area (Å²) in [6.07, 6.45) is 1.10. The van der Waals surface area contributed by atoms with Crippen molar-refractivity contribution in [2.75, 3.05) is 11.0 Å². The first-order valence-corrected chi connectivity index (χ1v) is 9.51. The number of benzene rings is 2. The first kappa shape index (κ1) is 18.0. The summed E-state index contributed by atoms with van der Waals surface area (Å²) in [5.41, 5.74) is 4.10. The lowest BCUT2D eigenvalue weighted by Gasteiger charge is -2.16. The largest absolute Gasteiger partial charge is 0.346 e. The molecule has 2 aromatic carbocycles. The number of nitrogens with one attached hydrogen (secondary N) is 2. The summed E-state index contributed by atoms with van der Waals surface area (Å²) in [6, 6.07) is 12.3. The Morgan fingerprint density at radius 2 is 1.75 bits per heavy atom. The van der Waals surface area contributed by atoms with Crippen LogP contribution in [0.4, 0.5) is 5.69 Å². The van der Waals surface area contributed by atoms with Gasteiger partial charge in [-0.3, -0.25) is 9.52 Å². The van der Waals surface area contributed by atoms with Gasteiger partial charge < -0.3 is 5.32 Å². The average molecular weight is 346 g/mol. The van der Waals surface area contributed by atoms with Gasteiger partial charge in [-0.1, -0.05) is 18.2 Å². The fraction of sp³-hybridized carbons (Fsp3) is 0.278. The highest BCUT2D eigenvalue weighted by atomic mass is 32.2. The number of hydrogen-bond donors (Lipinski definition) is 2. The van der Waals surface area contributed by atoms with E-state index in [4.69, 9.17) is 0 Å². The minimum atomic E-state index is -3.33. The van der Waals surface area contributed by atoms with Gasteiger partial charge >= 0.3 is 0 Å². The molecule has 1 atom stereocenters. The molecule has 0 bridgehead atoms. The Kier molecular flexibility index (Phi) is 5.29. The topological polar surface area (TPSA) is 75.3 Å². The molecule has 2 N–H and O–H groups in total. The monoisotopic (exact) mass is 346 g/mol.